The number of nitrogens with two attached hydrogens (primary N) is 1. The zero-order valence-electron chi connectivity index (χ0n) is 9.43. The van der Waals surface area contributed by atoms with E-state index in [0.717, 1.165) is 10.1 Å². The standard InChI is InChI=1S/C11H13FN4S/c1-16-7-14-15-11(16)17-10-4-2-3-9(12)8(10)5-6-13/h2-4,7H,5-6,13H2,1H3. The molecule has 2 aromatic rings. The van der Waals surface area contributed by atoms with E-state index in [1.165, 1.54) is 17.8 Å². The summed E-state index contributed by atoms with van der Waals surface area (Å²) in [6.07, 6.45) is 2.14. The molecule has 0 aliphatic rings. The first kappa shape index (κ1) is 12.1. The highest BCUT2D eigenvalue weighted by atomic mass is 32.2. The molecular weight excluding hydrogens is 239 g/mol. The van der Waals surface area contributed by atoms with Crippen LogP contribution in [0.2, 0.25) is 0 Å². The second-order valence-corrected chi connectivity index (χ2v) is 4.59. The minimum Gasteiger partial charge on any atom is -0.330 e. The van der Waals surface area contributed by atoms with E-state index in [9.17, 15) is 4.39 Å². The largest absolute Gasteiger partial charge is 0.330 e. The van der Waals surface area contributed by atoms with Gasteiger partial charge in [-0.25, -0.2) is 4.39 Å². The smallest absolute Gasteiger partial charge is 0.195 e. The van der Waals surface area contributed by atoms with Gasteiger partial charge < -0.3 is 10.3 Å². The van der Waals surface area contributed by atoms with Gasteiger partial charge in [-0.1, -0.05) is 6.07 Å². The highest BCUT2D eigenvalue weighted by Gasteiger charge is 2.11. The Morgan fingerprint density at radius 2 is 2.29 bits per heavy atom. The van der Waals surface area contributed by atoms with Gasteiger partial charge in [-0.15, -0.1) is 10.2 Å². The van der Waals surface area contributed by atoms with Crippen LogP contribution < -0.4 is 5.73 Å². The van der Waals surface area contributed by atoms with Gasteiger partial charge in [-0.05, 0) is 36.9 Å². The van der Waals surface area contributed by atoms with E-state index in [1.807, 2.05) is 13.1 Å². The Bertz CT molecular complexity index is 512. The van der Waals surface area contributed by atoms with Crippen molar-refractivity contribution >= 4 is 11.8 Å². The van der Waals surface area contributed by atoms with Crippen molar-refractivity contribution in [3.63, 3.8) is 0 Å². The van der Waals surface area contributed by atoms with E-state index in [1.54, 1.807) is 17.0 Å². The van der Waals surface area contributed by atoms with Crippen LogP contribution >= 0.6 is 11.8 Å². The molecular formula is C11H13FN4S. The van der Waals surface area contributed by atoms with Crippen molar-refractivity contribution in [1.82, 2.24) is 14.8 Å². The summed E-state index contributed by atoms with van der Waals surface area (Å²) in [6.45, 7) is 0.424. The molecule has 1 aromatic heterocycles. The number of hydrogen-bond donors (Lipinski definition) is 1. The number of rotatable bonds is 4. The molecule has 0 atom stereocenters. The fraction of sp³-hybridized carbons (Fsp3) is 0.273. The molecule has 17 heavy (non-hydrogen) atoms. The third-order valence-corrected chi connectivity index (χ3v) is 3.50. The summed E-state index contributed by atoms with van der Waals surface area (Å²) in [7, 11) is 1.85. The Morgan fingerprint density at radius 1 is 1.47 bits per heavy atom. The predicted octanol–water partition coefficient (Wildman–Crippen LogP) is 1.61. The SMILES string of the molecule is Cn1cnnc1Sc1cccc(F)c1CCN. The van der Waals surface area contributed by atoms with Gasteiger partial charge in [-0.2, -0.15) is 0 Å². The van der Waals surface area contributed by atoms with Gasteiger partial charge in [0.25, 0.3) is 0 Å². The summed E-state index contributed by atoms with van der Waals surface area (Å²) < 4.78 is 15.4. The molecule has 0 aliphatic carbocycles. The maximum Gasteiger partial charge on any atom is 0.195 e. The molecule has 0 radical (unpaired) electrons. The van der Waals surface area contributed by atoms with Crippen molar-refractivity contribution in [3.05, 3.63) is 35.9 Å². The Morgan fingerprint density at radius 3 is 2.94 bits per heavy atom. The third kappa shape index (κ3) is 2.65. The summed E-state index contributed by atoms with van der Waals surface area (Å²) in [6, 6.07) is 5.01. The molecule has 1 heterocycles. The Balaban J connectivity index is 2.32. The van der Waals surface area contributed by atoms with E-state index in [-0.39, 0.29) is 5.82 Å². The molecule has 0 unspecified atom stereocenters. The number of aromatic nitrogens is 3. The van der Waals surface area contributed by atoms with Crippen molar-refractivity contribution in [3.8, 4) is 0 Å². The summed E-state index contributed by atoms with van der Waals surface area (Å²) in [5.74, 6) is -0.220. The van der Waals surface area contributed by atoms with Crippen LogP contribution in [-0.4, -0.2) is 21.3 Å². The summed E-state index contributed by atoms with van der Waals surface area (Å²) in [5.41, 5.74) is 6.13. The minimum absolute atomic E-state index is 0.220. The quantitative estimate of drug-likeness (QED) is 0.898. The van der Waals surface area contributed by atoms with E-state index in [2.05, 4.69) is 10.2 Å². The van der Waals surface area contributed by atoms with Crippen LogP contribution in [0.3, 0.4) is 0 Å². The van der Waals surface area contributed by atoms with Crippen LogP contribution in [0, 0.1) is 5.82 Å². The molecule has 0 bridgehead atoms. The zero-order chi connectivity index (χ0) is 12.3. The molecule has 0 amide bonds. The first-order valence-electron chi connectivity index (χ1n) is 5.21. The normalized spacial score (nSPS) is 10.8. The van der Waals surface area contributed by atoms with E-state index in [0.29, 0.717) is 18.5 Å². The Labute approximate surface area is 103 Å². The highest BCUT2D eigenvalue weighted by molar-refractivity contribution is 7.99. The van der Waals surface area contributed by atoms with Crippen molar-refractivity contribution < 1.29 is 4.39 Å². The lowest BCUT2D eigenvalue weighted by atomic mass is 10.1. The van der Waals surface area contributed by atoms with Gasteiger partial charge in [0.1, 0.15) is 12.1 Å². The van der Waals surface area contributed by atoms with Crippen LogP contribution in [0.4, 0.5) is 4.39 Å². The molecule has 6 heteroatoms. The average molecular weight is 252 g/mol. The average Bonchev–Trinajstić information content (AvgIpc) is 2.70. The number of hydrogen-bond acceptors (Lipinski definition) is 4. The first-order valence-corrected chi connectivity index (χ1v) is 6.03. The monoisotopic (exact) mass is 252 g/mol. The highest BCUT2D eigenvalue weighted by Crippen LogP contribution is 2.30. The molecule has 0 spiro atoms. The van der Waals surface area contributed by atoms with E-state index in [4.69, 9.17) is 5.73 Å². The van der Waals surface area contributed by atoms with Gasteiger partial charge in [0.15, 0.2) is 5.16 Å². The van der Waals surface area contributed by atoms with Crippen LogP contribution in [0.1, 0.15) is 5.56 Å². The predicted molar refractivity (Wildman–Crippen MR) is 64.3 cm³/mol. The van der Waals surface area contributed by atoms with Gasteiger partial charge in [-0.3, -0.25) is 0 Å². The second-order valence-electron chi connectivity index (χ2n) is 3.58. The fourth-order valence-electron chi connectivity index (χ4n) is 1.48. The second kappa shape index (κ2) is 5.29. The molecule has 2 rings (SSSR count). The lowest BCUT2D eigenvalue weighted by molar-refractivity contribution is 0.603. The molecule has 0 fully saturated rings. The summed E-state index contributed by atoms with van der Waals surface area (Å²) in [4.78, 5) is 0.839. The van der Waals surface area contributed by atoms with Gasteiger partial charge in [0.05, 0.1) is 0 Å². The Hall–Kier alpha value is -1.40. The maximum absolute atomic E-state index is 13.7. The Kier molecular flexibility index (Phi) is 3.75. The van der Waals surface area contributed by atoms with Crippen molar-refractivity contribution in [1.29, 1.82) is 0 Å². The van der Waals surface area contributed by atoms with Crippen LogP contribution in [0.15, 0.2) is 34.6 Å². The number of nitrogens with zero attached hydrogens (tertiary/aromatic N) is 3. The molecule has 1 aromatic carbocycles. The number of halogens is 1. The molecule has 0 saturated carbocycles. The molecule has 2 N–H and O–H groups in total. The van der Waals surface area contributed by atoms with Crippen LogP contribution in [0.5, 0.6) is 0 Å². The molecule has 90 valence electrons. The maximum atomic E-state index is 13.7. The lowest BCUT2D eigenvalue weighted by Crippen LogP contribution is -2.06. The molecule has 0 aliphatic heterocycles. The van der Waals surface area contributed by atoms with E-state index < -0.39 is 0 Å². The van der Waals surface area contributed by atoms with Crippen LogP contribution in [-0.2, 0) is 13.5 Å². The lowest BCUT2D eigenvalue weighted by Gasteiger charge is -2.08. The zero-order valence-corrected chi connectivity index (χ0v) is 10.2. The number of aryl methyl sites for hydroxylation is 1. The summed E-state index contributed by atoms with van der Waals surface area (Å²) in [5, 5.41) is 8.48. The van der Waals surface area contributed by atoms with E-state index >= 15 is 0 Å². The molecule has 4 nitrogen and oxygen atoms in total. The van der Waals surface area contributed by atoms with Crippen molar-refractivity contribution in [2.24, 2.45) is 12.8 Å². The first-order chi connectivity index (χ1) is 8.22. The molecule has 0 saturated heterocycles. The number of benzene rings is 1. The third-order valence-electron chi connectivity index (χ3n) is 2.34. The van der Waals surface area contributed by atoms with Gasteiger partial charge in [0, 0.05) is 17.5 Å². The van der Waals surface area contributed by atoms with Crippen molar-refractivity contribution in [2.45, 2.75) is 16.5 Å². The topological polar surface area (TPSA) is 56.7 Å². The van der Waals surface area contributed by atoms with Crippen LogP contribution in [0.25, 0.3) is 0 Å². The fourth-order valence-corrected chi connectivity index (χ4v) is 2.43. The summed E-state index contributed by atoms with van der Waals surface area (Å²) >= 11 is 1.40. The van der Waals surface area contributed by atoms with Gasteiger partial charge in [0.2, 0.25) is 0 Å². The van der Waals surface area contributed by atoms with Crippen molar-refractivity contribution in [2.75, 3.05) is 6.54 Å². The van der Waals surface area contributed by atoms with Gasteiger partial charge >= 0.3 is 0 Å². The minimum atomic E-state index is -0.220.